The van der Waals surface area contributed by atoms with Crippen molar-refractivity contribution in [1.82, 2.24) is 0 Å². The zero-order chi connectivity index (χ0) is 36.1. The van der Waals surface area contributed by atoms with Crippen LogP contribution in [0.5, 0.6) is 23.0 Å². The van der Waals surface area contributed by atoms with Gasteiger partial charge in [0, 0.05) is 22.3 Å². The average Bonchev–Trinajstić information content (AvgIpc) is 3.19. The van der Waals surface area contributed by atoms with Gasteiger partial charge in [-0.2, -0.15) is 0 Å². The summed E-state index contributed by atoms with van der Waals surface area (Å²) in [5, 5.41) is 0. The van der Waals surface area contributed by atoms with Gasteiger partial charge in [-0.15, -0.1) is 0 Å². The molecule has 17 rings (SSSR count). The number of sulfone groups is 1. The van der Waals surface area contributed by atoms with Crippen molar-refractivity contribution in [2.24, 2.45) is 0 Å². The first-order valence-electron chi connectivity index (χ1n) is 16.6. The van der Waals surface area contributed by atoms with Gasteiger partial charge in [-0.05, 0) is 115 Å². The molecule has 52 heavy (non-hydrogen) atoms. The van der Waals surface area contributed by atoms with Gasteiger partial charge in [0.15, 0.2) is 11.6 Å². The van der Waals surface area contributed by atoms with Gasteiger partial charge >= 0.3 is 0 Å². The van der Waals surface area contributed by atoms with Gasteiger partial charge in [0.1, 0.15) is 23.0 Å². The summed E-state index contributed by atoms with van der Waals surface area (Å²) < 4.78 is 38.3. The Balaban J connectivity index is 0.000000539. The lowest BCUT2D eigenvalue weighted by Crippen LogP contribution is -2.02. The predicted octanol–water partition coefficient (Wildman–Crippen LogP) is 10.5. The van der Waals surface area contributed by atoms with Crippen LogP contribution in [0.4, 0.5) is 0 Å². The van der Waals surface area contributed by atoms with Crippen molar-refractivity contribution < 1.29 is 27.5 Å². The van der Waals surface area contributed by atoms with Crippen molar-refractivity contribution in [3.63, 3.8) is 0 Å². The monoisotopic (exact) mass is 700 g/mol. The summed E-state index contributed by atoms with van der Waals surface area (Å²) in [4.78, 5) is 26.5. The van der Waals surface area contributed by atoms with Crippen molar-refractivity contribution in [2.75, 3.05) is 0 Å². The highest BCUT2D eigenvalue weighted by Crippen LogP contribution is 2.30. The van der Waals surface area contributed by atoms with Gasteiger partial charge < -0.3 is 9.47 Å². The average molecular weight is 701 g/mol. The fraction of sp³-hybridized carbons (Fsp3) is 0.0222. The highest BCUT2D eigenvalue weighted by Gasteiger charge is 2.18. The summed E-state index contributed by atoms with van der Waals surface area (Å²) in [6.45, 7) is 2.08. The van der Waals surface area contributed by atoms with E-state index in [1.54, 1.807) is 97.1 Å². The Morgan fingerprint density at radius 3 is 0.904 bits per heavy atom. The zero-order valence-electron chi connectivity index (χ0n) is 28.1. The SMILES string of the molecule is Cc1ccccc1.O=C1c2ccc(cc2)Oc2ccc(cc2)S(=O)(=O)c2ccc(cc2)Oc2ccc(cc2)C(=O)c2ccc(cc2)-c2ccc1cc2. The van der Waals surface area contributed by atoms with E-state index >= 15 is 0 Å². The van der Waals surface area contributed by atoms with Gasteiger partial charge in [0.25, 0.3) is 0 Å². The molecule has 12 bridgehead atoms. The Hall–Kier alpha value is -6.57. The highest BCUT2D eigenvalue weighted by atomic mass is 32.2. The molecule has 0 amide bonds. The molecule has 10 heterocycles. The molecule has 0 aromatic heterocycles. The van der Waals surface area contributed by atoms with Gasteiger partial charge in [-0.25, -0.2) is 8.42 Å². The molecule has 0 unspecified atom stereocenters. The summed E-state index contributed by atoms with van der Waals surface area (Å²) in [6, 6.07) is 50.8. The van der Waals surface area contributed by atoms with E-state index in [2.05, 4.69) is 19.1 Å². The molecule has 0 radical (unpaired) electrons. The lowest BCUT2D eigenvalue weighted by molar-refractivity contribution is 0.103. The van der Waals surface area contributed by atoms with Crippen molar-refractivity contribution in [1.29, 1.82) is 0 Å². The summed E-state index contributed by atoms with van der Waals surface area (Å²) in [7, 11) is -3.78. The minimum Gasteiger partial charge on any atom is -0.457 e. The molecular formula is C45H32O6S. The number of hydrogen-bond acceptors (Lipinski definition) is 6. The Bertz CT molecular complexity index is 2280. The summed E-state index contributed by atoms with van der Waals surface area (Å²) >= 11 is 0. The molecule has 0 aliphatic carbocycles. The van der Waals surface area contributed by atoms with E-state index in [1.807, 2.05) is 42.5 Å². The summed E-state index contributed by atoms with van der Waals surface area (Å²) in [5.41, 5.74) is 5.27. The molecule has 0 atom stereocenters. The molecule has 10 aliphatic heterocycles. The number of benzene rings is 7. The van der Waals surface area contributed by atoms with Crippen LogP contribution >= 0.6 is 0 Å². The third-order valence-corrected chi connectivity index (χ3v) is 10.3. The van der Waals surface area contributed by atoms with E-state index in [1.165, 1.54) is 29.8 Å². The number of rotatable bonds is 0. The third kappa shape index (κ3) is 7.60. The first-order valence-corrected chi connectivity index (χ1v) is 18.0. The summed E-state index contributed by atoms with van der Waals surface area (Å²) in [6.07, 6.45) is 0. The quantitative estimate of drug-likeness (QED) is 0.157. The zero-order valence-corrected chi connectivity index (χ0v) is 28.9. The minimum atomic E-state index is -3.78. The number of ketones is 2. The standard InChI is InChI=1S/C38H24O6S.C7H8/c39-37-27-5-1-25(2-6-27)26-3-7-28(8-4-26)38(40)30-11-15-32(16-12-30)44-34-19-23-36(24-20-34)45(41,42)35-21-17-33(18-22-35)43-31-13-9-29(37)10-14-31;1-7-5-3-2-4-6-7/h1-24H;2-6H,1H3. The maximum atomic E-state index is 13.3. The molecule has 0 saturated heterocycles. The maximum absolute atomic E-state index is 13.3. The molecule has 254 valence electrons. The maximum Gasteiger partial charge on any atom is 0.206 e. The fourth-order valence-electron chi connectivity index (χ4n) is 5.63. The van der Waals surface area contributed by atoms with E-state index < -0.39 is 9.84 Å². The second kappa shape index (κ2) is 14.7. The molecule has 0 fully saturated rings. The van der Waals surface area contributed by atoms with Crippen molar-refractivity contribution in [3.8, 4) is 34.1 Å². The molecule has 7 aromatic carbocycles. The van der Waals surface area contributed by atoms with Crippen LogP contribution in [0.2, 0.25) is 0 Å². The fourth-order valence-corrected chi connectivity index (χ4v) is 6.89. The van der Waals surface area contributed by atoms with Crippen molar-refractivity contribution >= 4 is 21.4 Å². The second-order valence-electron chi connectivity index (χ2n) is 12.2. The van der Waals surface area contributed by atoms with E-state index in [0.29, 0.717) is 45.3 Å². The number of aryl methyl sites for hydroxylation is 1. The molecule has 0 saturated carbocycles. The third-order valence-electron chi connectivity index (χ3n) is 8.54. The van der Waals surface area contributed by atoms with Crippen LogP contribution in [0, 0.1) is 6.92 Å². The van der Waals surface area contributed by atoms with Gasteiger partial charge in [-0.3, -0.25) is 9.59 Å². The summed E-state index contributed by atoms with van der Waals surface area (Å²) in [5.74, 6) is 1.67. The van der Waals surface area contributed by atoms with Gasteiger partial charge in [0.2, 0.25) is 9.84 Å². The normalized spacial score (nSPS) is 13.0. The van der Waals surface area contributed by atoms with E-state index in [9.17, 15) is 18.0 Å². The largest absolute Gasteiger partial charge is 0.457 e. The molecule has 0 N–H and O–H groups in total. The second-order valence-corrected chi connectivity index (χ2v) is 14.1. The Morgan fingerprint density at radius 1 is 0.346 bits per heavy atom. The van der Waals surface area contributed by atoms with E-state index in [0.717, 1.165) is 11.1 Å². The highest BCUT2D eigenvalue weighted by molar-refractivity contribution is 7.91. The molecule has 0 spiro atoms. The minimum absolute atomic E-state index is 0.120. The number of ether oxygens (including phenoxy) is 2. The first kappa shape index (κ1) is 33.9. The topological polar surface area (TPSA) is 86.7 Å². The van der Waals surface area contributed by atoms with Gasteiger partial charge in [0.05, 0.1) is 9.79 Å². The Kier molecular flexibility index (Phi) is 9.60. The van der Waals surface area contributed by atoms with E-state index in [-0.39, 0.29) is 21.4 Å². The molecule has 7 aromatic rings. The van der Waals surface area contributed by atoms with Crippen LogP contribution in [0.25, 0.3) is 11.1 Å². The smallest absolute Gasteiger partial charge is 0.206 e. The number of hydrogen-bond donors (Lipinski definition) is 0. The van der Waals surface area contributed by atoms with E-state index in [4.69, 9.17) is 9.47 Å². The Labute approximate surface area is 302 Å². The van der Waals surface area contributed by atoms with Crippen LogP contribution in [0.1, 0.15) is 37.4 Å². The number of carbonyl (C=O) groups excluding carboxylic acids is 2. The first-order chi connectivity index (χ1) is 25.2. The molecule has 10 aliphatic rings. The molecular weight excluding hydrogens is 669 g/mol. The molecule has 7 heteroatoms. The van der Waals surface area contributed by atoms with Crippen LogP contribution in [-0.4, -0.2) is 20.0 Å². The van der Waals surface area contributed by atoms with Crippen molar-refractivity contribution in [3.05, 3.63) is 204 Å². The van der Waals surface area contributed by atoms with Crippen molar-refractivity contribution in [2.45, 2.75) is 16.7 Å². The molecule has 6 nitrogen and oxygen atoms in total. The van der Waals surface area contributed by atoms with Crippen LogP contribution < -0.4 is 9.47 Å². The number of carbonyl (C=O) groups is 2. The van der Waals surface area contributed by atoms with Crippen LogP contribution in [-0.2, 0) is 9.84 Å². The lowest BCUT2D eigenvalue weighted by Gasteiger charge is -2.10. The van der Waals surface area contributed by atoms with Crippen LogP contribution in [0.15, 0.2) is 186 Å². The van der Waals surface area contributed by atoms with Gasteiger partial charge in [-0.1, -0.05) is 84.4 Å². The Morgan fingerprint density at radius 2 is 0.615 bits per heavy atom. The lowest BCUT2D eigenvalue weighted by atomic mass is 9.97. The van der Waals surface area contributed by atoms with Crippen LogP contribution in [0.3, 0.4) is 0 Å². The predicted molar refractivity (Wildman–Crippen MR) is 201 cm³/mol.